The highest BCUT2D eigenvalue weighted by Gasteiger charge is 2.16. The second-order valence-corrected chi connectivity index (χ2v) is 3.84. The van der Waals surface area contributed by atoms with Crippen molar-refractivity contribution in [2.45, 2.75) is 25.1 Å². The molecule has 0 spiro atoms. The quantitative estimate of drug-likeness (QED) is 0.869. The van der Waals surface area contributed by atoms with E-state index in [9.17, 15) is 13.6 Å². The summed E-state index contributed by atoms with van der Waals surface area (Å²) in [5.41, 5.74) is 1.10. The molecule has 0 aliphatic heterocycles. The molecule has 0 aromatic carbocycles. The molecule has 0 saturated carbocycles. The third-order valence-electron chi connectivity index (χ3n) is 2.19. The number of hydrogen-bond acceptors (Lipinski definition) is 2. The van der Waals surface area contributed by atoms with Crippen LogP contribution in [0.1, 0.15) is 28.9 Å². The number of aliphatic carboxylic acids is 1. The van der Waals surface area contributed by atoms with E-state index in [0.29, 0.717) is 22.2 Å². The Morgan fingerprint density at radius 3 is 2.69 bits per heavy atom. The zero-order valence-electron chi connectivity index (χ0n) is 8.51. The number of aromatic nitrogens is 1. The van der Waals surface area contributed by atoms with Crippen LogP contribution in [0.2, 0.25) is 0 Å². The van der Waals surface area contributed by atoms with Gasteiger partial charge in [0.15, 0.2) is 0 Å². The normalized spacial score (nSPS) is 10.8. The number of carboxylic acids is 1. The summed E-state index contributed by atoms with van der Waals surface area (Å²) in [5, 5.41) is 8.99. The molecule has 0 bridgehead atoms. The van der Waals surface area contributed by atoms with Crippen molar-refractivity contribution in [3.8, 4) is 0 Å². The van der Waals surface area contributed by atoms with Gasteiger partial charge in [-0.05, 0) is 24.1 Å². The molecule has 16 heavy (non-hydrogen) atoms. The molecule has 0 aliphatic rings. The first-order chi connectivity index (χ1) is 7.45. The summed E-state index contributed by atoms with van der Waals surface area (Å²) in [6.07, 6.45) is -2.96. The number of pyridine rings is 1. The van der Waals surface area contributed by atoms with Crippen LogP contribution in [0.5, 0.6) is 0 Å². The fraction of sp³-hybridized carbons (Fsp3) is 0.400. The van der Waals surface area contributed by atoms with Crippen molar-refractivity contribution in [3.05, 3.63) is 28.6 Å². The Kier molecular flexibility index (Phi) is 4.35. The van der Waals surface area contributed by atoms with E-state index in [0.717, 1.165) is 6.07 Å². The van der Waals surface area contributed by atoms with Crippen LogP contribution in [0.4, 0.5) is 8.78 Å². The second kappa shape index (κ2) is 5.34. The maximum absolute atomic E-state index is 12.5. The van der Waals surface area contributed by atoms with Crippen molar-refractivity contribution in [1.29, 1.82) is 0 Å². The van der Waals surface area contributed by atoms with Crippen molar-refractivity contribution < 1.29 is 18.7 Å². The van der Waals surface area contributed by atoms with Crippen LogP contribution in [0, 0.1) is 6.92 Å². The molecule has 0 unspecified atom stereocenters. The van der Waals surface area contributed by atoms with Gasteiger partial charge in [-0.2, -0.15) is 0 Å². The molecule has 1 aromatic heterocycles. The molecule has 0 aliphatic carbocycles. The van der Waals surface area contributed by atoms with Crippen LogP contribution in [-0.4, -0.2) is 16.1 Å². The Labute approximate surface area is 99.6 Å². The van der Waals surface area contributed by atoms with E-state index < -0.39 is 12.4 Å². The SMILES string of the molecule is Cc1c(CC(=O)O)cc(C(F)F)nc1CBr. The fourth-order valence-corrected chi connectivity index (χ4v) is 1.88. The topological polar surface area (TPSA) is 50.2 Å². The largest absolute Gasteiger partial charge is 0.481 e. The molecule has 1 heterocycles. The molecular weight excluding hydrogens is 284 g/mol. The van der Waals surface area contributed by atoms with Crippen molar-refractivity contribution >= 4 is 21.9 Å². The van der Waals surface area contributed by atoms with E-state index in [1.807, 2.05) is 0 Å². The van der Waals surface area contributed by atoms with Crippen LogP contribution in [0.3, 0.4) is 0 Å². The van der Waals surface area contributed by atoms with E-state index >= 15 is 0 Å². The van der Waals surface area contributed by atoms with Crippen LogP contribution in [0.25, 0.3) is 0 Å². The van der Waals surface area contributed by atoms with Gasteiger partial charge in [-0.1, -0.05) is 15.9 Å². The predicted molar refractivity (Wildman–Crippen MR) is 57.9 cm³/mol. The summed E-state index contributed by atoms with van der Waals surface area (Å²) in [4.78, 5) is 14.4. The minimum absolute atomic E-state index is 0.270. The van der Waals surface area contributed by atoms with Crippen molar-refractivity contribution in [2.75, 3.05) is 0 Å². The minimum Gasteiger partial charge on any atom is -0.481 e. The number of carbonyl (C=O) groups is 1. The number of hydrogen-bond donors (Lipinski definition) is 1. The number of halogens is 3. The van der Waals surface area contributed by atoms with E-state index in [1.165, 1.54) is 0 Å². The Balaban J connectivity index is 3.24. The maximum atomic E-state index is 12.5. The average Bonchev–Trinajstić information content (AvgIpc) is 2.20. The molecule has 3 nitrogen and oxygen atoms in total. The van der Waals surface area contributed by atoms with Crippen LogP contribution in [0.15, 0.2) is 6.07 Å². The van der Waals surface area contributed by atoms with E-state index in [-0.39, 0.29) is 12.1 Å². The molecule has 0 saturated heterocycles. The first-order valence-electron chi connectivity index (χ1n) is 4.51. The summed E-state index contributed by atoms with van der Waals surface area (Å²) in [6.45, 7) is 1.68. The maximum Gasteiger partial charge on any atom is 0.307 e. The lowest BCUT2D eigenvalue weighted by molar-refractivity contribution is -0.136. The average molecular weight is 294 g/mol. The van der Waals surface area contributed by atoms with Gasteiger partial charge >= 0.3 is 5.97 Å². The molecule has 0 fully saturated rings. The highest BCUT2D eigenvalue weighted by molar-refractivity contribution is 9.08. The van der Waals surface area contributed by atoms with Gasteiger partial charge in [0.2, 0.25) is 0 Å². The number of nitrogens with zero attached hydrogens (tertiary/aromatic N) is 1. The summed E-state index contributed by atoms with van der Waals surface area (Å²) in [7, 11) is 0. The number of rotatable bonds is 4. The Morgan fingerprint density at radius 2 is 2.25 bits per heavy atom. The van der Waals surface area contributed by atoms with Crippen molar-refractivity contribution in [3.63, 3.8) is 0 Å². The fourth-order valence-electron chi connectivity index (χ4n) is 1.33. The molecular formula is C10H10BrF2NO2. The summed E-state index contributed by atoms with van der Waals surface area (Å²) in [5.74, 6) is -1.05. The lowest BCUT2D eigenvalue weighted by Crippen LogP contribution is -2.07. The zero-order valence-corrected chi connectivity index (χ0v) is 10.1. The Hall–Kier alpha value is -1.04. The monoisotopic (exact) mass is 293 g/mol. The number of alkyl halides is 3. The molecule has 1 aromatic rings. The summed E-state index contributed by atoms with van der Waals surface area (Å²) >= 11 is 3.14. The highest BCUT2D eigenvalue weighted by Crippen LogP contribution is 2.23. The van der Waals surface area contributed by atoms with Crippen molar-refractivity contribution in [1.82, 2.24) is 4.98 Å². The van der Waals surface area contributed by atoms with Crippen LogP contribution in [-0.2, 0) is 16.5 Å². The lowest BCUT2D eigenvalue weighted by Gasteiger charge is -2.10. The van der Waals surface area contributed by atoms with Gasteiger partial charge in [-0.25, -0.2) is 8.78 Å². The molecule has 0 atom stereocenters. The zero-order chi connectivity index (χ0) is 12.3. The van der Waals surface area contributed by atoms with E-state index in [1.54, 1.807) is 6.92 Å². The minimum atomic E-state index is -2.69. The van der Waals surface area contributed by atoms with E-state index in [4.69, 9.17) is 5.11 Å². The Bertz CT molecular complexity index is 410. The molecule has 0 radical (unpaired) electrons. The van der Waals surface area contributed by atoms with E-state index in [2.05, 4.69) is 20.9 Å². The lowest BCUT2D eigenvalue weighted by atomic mass is 10.0. The standard InChI is InChI=1S/C10H10BrF2NO2/c1-5-6(3-9(15)16)2-7(10(12)13)14-8(5)4-11/h2,10H,3-4H2,1H3,(H,15,16). The van der Waals surface area contributed by atoms with Gasteiger partial charge in [0, 0.05) is 5.33 Å². The Morgan fingerprint density at radius 1 is 1.62 bits per heavy atom. The van der Waals surface area contributed by atoms with Crippen molar-refractivity contribution in [2.24, 2.45) is 0 Å². The smallest absolute Gasteiger partial charge is 0.307 e. The van der Waals surface area contributed by atoms with Gasteiger partial charge in [-0.3, -0.25) is 9.78 Å². The van der Waals surface area contributed by atoms with Crippen LogP contribution >= 0.6 is 15.9 Å². The van der Waals surface area contributed by atoms with Gasteiger partial charge in [0.05, 0.1) is 12.1 Å². The third kappa shape index (κ3) is 2.98. The summed E-state index contributed by atoms with van der Waals surface area (Å²) in [6, 6.07) is 1.15. The highest BCUT2D eigenvalue weighted by atomic mass is 79.9. The van der Waals surface area contributed by atoms with Gasteiger partial charge in [-0.15, -0.1) is 0 Å². The first-order valence-corrected chi connectivity index (χ1v) is 5.63. The third-order valence-corrected chi connectivity index (χ3v) is 2.72. The number of carboxylic acid groups (broad SMARTS) is 1. The van der Waals surface area contributed by atoms with Crippen LogP contribution < -0.4 is 0 Å². The van der Waals surface area contributed by atoms with Gasteiger partial charge < -0.3 is 5.11 Å². The molecule has 1 N–H and O–H groups in total. The second-order valence-electron chi connectivity index (χ2n) is 3.28. The molecule has 1 rings (SSSR count). The molecule has 6 heteroatoms. The molecule has 88 valence electrons. The van der Waals surface area contributed by atoms with Gasteiger partial charge in [0.1, 0.15) is 5.69 Å². The first kappa shape index (κ1) is 13.0. The van der Waals surface area contributed by atoms with Gasteiger partial charge in [0.25, 0.3) is 6.43 Å². The predicted octanol–water partition coefficient (Wildman–Crippen LogP) is 2.85. The molecule has 0 amide bonds. The summed E-state index contributed by atoms with van der Waals surface area (Å²) < 4.78 is 25.0.